The fourth-order valence-electron chi connectivity index (χ4n) is 2.53. The van der Waals surface area contributed by atoms with E-state index in [-0.39, 0.29) is 0 Å². The van der Waals surface area contributed by atoms with Gasteiger partial charge in [0.25, 0.3) is 0 Å². The fraction of sp³-hybridized carbons (Fsp3) is 0.417. The normalized spacial score (nSPS) is 23.4. The van der Waals surface area contributed by atoms with Gasteiger partial charge >= 0.3 is 0 Å². The summed E-state index contributed by atoms with van der Waals surface area (Å²) in [5.41, 5.74) is 6.95. The molecule has 5 heteroatoms. The van der Waals surface area contributed by atoms with Gasteiger partial charge in [-0.15, -0.1) is 5.10 Å². The highest BCUT2D eigenvalue weighted by atomic mass is 15.4. The molecule has 0 spiro atoms. The predicted molar refractivity (Wildman–Crippen MR) is 64.3 cm³/mol. The van der Waals surface area contributed by atoms with Crippen LogP contribution in [0.1, 0.15) is 24.2 Å². The second kappa shape index (κ2) is 3.84. The lowest BCUT2D eigenvalue weighted by Crippen LogP contribution is -2.27. The molecule has 0 fully saturated rings. The molecular weight excluding hydrogens is 214 g/mol. The maximum Gasteiger partial charge on any atom is 0.239 e. The van der Waals surface area contributed by atoms with E-state index < -0.39 is 0 Å². The molecule has 0 aromatic carbocycles. The number of fused-ring (bicyclic) bond motifs is 1. The van der Waals surface area contributed by atoms with Crippen molar-refractivity contribution in [3.05, 3.63) is 35.9 Å². The van der Waals surface area contributed by atoms with Gasteiger partial charge in [-0.2, -0.15) is 4.98 Å². The summed E-state index contributed by atoms with van der Waals surface area (Å²) < 4.78 is 1.93. The molecule has 3 rings (SSSR count). The van der Waals surface area contributed by atoms with E-state index in [0.717, 1.165) is 18.8 Å². The van der Waals surface area contributed by atoms with Gasteiger partial charge in [0.1, 0.15) is 5.82 Å². The number of hydrogen-bond acceptors (Lipinski definition) is 4. The van der Waals surface area contributed by atoms with Gasteiger partial charge in [-0.05, 0) is 23.6 Å². The standard InChI is InChI=1S/C12H15N5/c1-8-6-11-15-12(13)16-17(11)7-10(8)9-2-4-14-5-3-9/h2-5,8,10H,6-7H2,1H3,(H2,13,16). The quantitative estimate of drug-likeness (QED) is 0.798. The Morgan fingerprint density at radius 1 is 1.35 bits per heavy atom. The molecule has 0 aliphatic carbocycles. The summed E-state index contributed by atoms with van der Waals surface area (Å²) in [6, 6.07) is 4.15. The highest BCUT2D eigenvalue weighted by Gasteiger charge is 2.28. The van der Waals surface area contributed by atoms with Crippen LogP contribution >= 0.6 is 0 Å². The fourth-order valence-corrected chi connectivity index (χ4v) is 2.53. The molecule has 88 valence electrons. The highest BCUT2D eigenvalue weighted by Crippen LogP contribution is 2.32. The SMILES string of the molecule is CC1Cc2nc(N)nn2CC1c1ccncc1. The second-order valence-corrected chi connectivity index (χ2v) is 4.64. The van der Waals surface area contributed by atoms with Crippen LogP contribution in [0.3, 0.4) is 0 Å². The molecule has 0 amide bonds. The first-order chi connectivity index (χ1) is 8.24. The molecule has 17 heavy (non-hydrogen) atoms. The number of hydrogen-bond donors (Lipinski definition) is 1. The molecule has 0 radical (unpaired) electrons. The number of anilines is 1. The van der Waals surface area contributed by atoms with Crippen LogP contribution in [0, 0.1) is 5.92 Å². The molecule has 1 aliphatic heterocycles. The maximum atomic E-state index is 5.63. The zero-order valence-corrected chi connectivity index (χ0v) is 9.74. The molecule has 0 saturated carbocycles. The Hall–Kier alpha value is -1.91. The van der Waals surface area contributed by atoms with E-state index in [9.17, 15) is 0 Å². The number of rotatable bonds is 1. The molecule has 2 aromatic heterocycles. The average molecular weight is 229 g/mol. The molecular formula is C12H15N5. The van der Waals surface area contributed by atoms with Crippen molar-refractivity contribution in [1.29, 1.82) is 0 Å². The van der Waals surface area contributed by atoms with Gasteiger partial charge in [0.05, 0.1) is 6.54 Å². The van der Waals surface area contributed by atoms with E-state index >= 15 is 0 Å². The third kappa shape index (κ3) is 1.77. The van der Waals surface area contributed by atoms with Gasteiger partial charge < -0.3 is 5.73 Å². The smallest absolute Gasteiger partial charge is 0.239 e. The van der Waals surface area contributed by atoms with Gasteiger partial charge in [0.2, 0.25) is 5.95 Å². The minimum absolute atomic E-state index is 0.377. The number of aromatic nitrogens is 4. The van der Waals surface area contributed by atoms with E-state index in [0.29, 0.717) is 17.8 Å². The molecule has 2 aromatic rings. The molecule has 2 N–H and O–H groups in total. The molecule has 2 unspecified atom stereocenters. The minimum atomic E-state index is 0.377. The zero-order valence-electron chi connectivity index (χ0n) is 9.74. The molecule has 3 heterocycles. The Kier molecular flexibility index (Phi) is 2.31. The van der Waals surface area contributed by atoms with Crippen molar-refractivity contribution in [2.75, 3.05) is 5.73 Å². The van der Waals surface area contributed by atoms with Crippen LogP contribution in [-0.4, -0.2) is 19.7 Å². The third-order valence-corrected chi connectivity index (χ3v) is 3.46. The van der Waals surface area contributed by atoms with Crippen LogP contribution in [-0.2, 0) is 13.0 Å². The molecule has 0 bridgehead atoms. The van der Waals surface area contributed by atoms with Crippen LogP contribution in [0.4, 0.5) is 5.95 Å². The maximum absolute atomic E-state index is 5.63. The van der Waals surface area contributed by atoms with Gasteiger partial charge in [0.15, 0.2) is 0 Å². The molecule has 0 saturated heterocycles. The van der Waals surface area contributed by atoms with Crippen LogP contribution in [0.5, 0.6) is 0 Å². The van der Waals surface area contributed by atoms with E-state index in [2.05, 4.69) is 34.1 Å². The summed E-state index contributed by atoms with van der Waals surface area (Å²) >= 11 is 0. The average Bonchev–Trinajstić information content (AvgIpc) is 2.68. The van der Waals surface area contributed by atoms with Crippen LogP contribution in [0.25, 0.3) is 0 Å². The molecule has 5 nitrogen and oxygen atoms in total. The van der Waals surface area contributed by atoms with Crippen molar-refractivity contribution in [3.8, 4) is 0 Å². The summed E-state index contributed by atoms with van der Waals surface area (Å²) in [4.78, 5) is 8.31. The van der Waals surface area contributed by atoms with Gasteiger partial charge in [0, 0.05) is 24.7 Å². The predicted octanol–water partition coefficient (Wildman–Crippen LogP) is 1.23. The first kappa shape index (κ1) is 10.3. The Balaban J connectivity index is 1.94. The Morgan fingerprint density at radius 3 is 2.88 bits per heavy atom. The number of nitrogen functional groups attached to an aromatic ring is 1. The van der Waals surface area contributed by atoms with Crippen molar-refractivity contribution in [2.45, 2.75) is 25.8 Å². The summed E-state index contributed by atoms with van der Waals surface area (Å²) in [6.45, 7) is 3.10. The molecule has 1 aliphatic rings. The summed E-state index contributed by atoms with van der Waals surface area (Å²) in [6.07, 6.45) is 4.61. The largest absolute Gasteiger partial charge is 0.366 e. The van der Waals surface area contributed by atoms with E-state index in [1.165, 1.54) is 5.56 Å². The van der Waals surface area contributed by atoms with Crippen LogP contribution in [0.2, 0.25) is 0 Å². The van der Waals surface area contributed by atoms with Crippen molar-refractivity contribution in [1.82, 2.24) is 19.7 Å². The summed E-state index contributed by atoms with van der Waals surface area (Å²) in [7, 11) is 0. The monoisotopic (exact) mass is 229 g/mol. The first-order valence-corrected chi connectivity index (χ1v) is 5.83. The Labute approximate surface area is 99.7 Å². The van der Waals surface area contributed by atoms with Crippen LogP contribution in [0.15, 0.2) is 24.5 Å². The Bertz CT molecular complexity index is 519. The molecule has 2 atom stereocenters. The van der Waals surface area contributed by atoms with Crippen molar-refractivity contribution in [3.63, 3.8) is 0 Å². The van der Waals surface area contributed by atoms with E-state index in [1.54, 1.807) is 0 Å². The Morgan fingerprint density at radius 2 is 2.12 bits per heavy atom. The third-order valence-electron chi connectivity index (χ3n) is 3.46. The lowest BCUT2D eigenvalue weighted by molar-refractivity contribution is 0.330. The minimum Gasteiger partial charge on any atom is -0.366 e. The first-order valence-electron chi connectivity index (χ1n) is 5.83. The highest BCUT2D eigenvalue weighted by molar-refractivity contribution is 5.21. The second-order valence-electron chi connectivity index (χ2n) is 4.64. The van der Waals surface area contributed by atoms with Crippen molar-refractivity contribution in [2.24, 2.45) is 5.92 Å². The van der Waals surface area contributed by atoms with Gasteiger partial charge in [-0.25, -0.2) is 4.68 Å². The van der Waals surface area contributed by atoms with Crippen LogP contribution < -0.4 is 5.73 Å². The zero-order chi connectivity index (χ0) is 11.8. The van der Waals surface area contributed by atoms with Gasteiger partial charge in [-0.3, -0.25) is 4.98 Å². The number of pyridine rings is 1. The summed E-state index contributed by atoms with van der Waals surface area (Å²) in [5.74, 6) is 2.39. The summed E-state index contributed by atoms with van der Waals surface area (Å²) in [5, 5.41) is 4.23. The number of nitrogens with two attached hydrogens (primary N) is 1. The van der Waals surface area contributed by atoms with Gasteiger partial charge in [-0.1, -0.05) is 6.92 Å². The van der Waals surface area contributed by atoms with E-state index in [1.807, 2.05) is 17.1 Å². The number of nitrogens with zero attached hydrogens (tertiary/aromatic N) is 4. The van der Waals surface area contributed by atoms with E-state index in [4.69, 9.17) is 5.73 Å². The topological polar surface area (TPSA) is 69.6 Å². The lowest BCUT2D eigenvalue weighted by atomic mass is 9.83. The van der Waals surface area contributed by atoms with Crippen molar-refractivity contribution < 1.29 is 0 Å². The lowest BCUT2D eigenvalue weighted by Gasteiger charge is -2.29. The van der Waals surface area contributed by atoms with Crippen molar-refractivity contribution >= 4 is 5.95 Å².